The first-order valence-electron chi connectivity index (χ1n) is 7.25. The van der Waals surface area contributed by atoms with Crippen LogP contribution in [0.25, 0.3) is 0 Å². The molecule has 1 atom stereocenters. The Morgan fingerprint density at radius 2 is 2.12 bits per heavy atom. The van der Waals surface area contributed by atoms with Gasteiger partial charge in [-0.05, 0) is 29.8 Å². The summed E-state index contributed by atoms with van der Waals surface area (Å²) in [5, 5.41) is 12.2. The lowest BCUT2D eigenvalue weighted by molar-refractivity contribution is 0.271. The Morgan fingerprint density at radius 1 is 1.29 bits per heavy atom. The number of hydrogen-bond acceptors (Lipinski definition) is 5. The fourth-order valence-corrected chi connectivity index (χ4v) is 4.35. The highest BCUT2D eigenvalue weighted by atomic mass is 35.5. The van der Waals surface area contributed by atoms with Crippen LogP contribution in [-0.2, 0) is 10.0 Å². The number of halogens is 1. The number of benzene rings is 1. The van der Waals surface area contributed by atoms with Gasteiger partial charge in [-0.1, -0.05) is 12.1 Å². The van der Waals surface area contributed by atoms with Gasteiger partial charge in [0, 0.05) is 32.0 Å². The van der Waals surface area contributed by atoms with Crippen molar-refractivity contribution in [2.45, 2.75) is 10.9 Å². The predicted molar refractivity (Wildman–Crippen MR) is 92.1 cm³/mol. The summed E-state index contributed by atoms with van der Waals surface area (Å²) in [4.78, 5) is 4.23. The van der Waals surface area contributed by atoms with Crippen LogP contribution in [0.5, 0.6) is 0 Å². The van der Waals surface area contributed by atoms with Crippen LogP contribution in [0.15, 0.2) is 53.7 Å². The molecule has 1 aliphatic heterocycles. The molecule has 3 rings (SSSR count). The van der Waals surface area contributed by atoms with Crippen molar-refractivity contribution >= 4 is 22.4 Å². The Labute approximate surface area is 147 Å². The summed E-state index contributed by atoms with van der Waals surface area (Å²) >= 11 is 0. The summed E-state index contributed by atoms with van der Waals surface area (Å²) in [6.45, 7) is 1.50. The summed E-state index contributed by atoms with van der Waals surface area (Å²) in [6, 6.07) is 11.5. The number of hydrogen-bond donors (Lipinski definition) is 1. The van der Waals surface area contributed by atoms with Gasteiger partial charge in [0.05, 0.1) is 22.6 Å². The molecule has 1 saturated heterocycles. The molecule has 1 aliphatic rings. The summed E-state index contributed by atoms with van der Waals surface area (Å²) in [7, 11) is -3.68. The quantitative estimate of drug-likeness (QED) is 0.896. The van der Waals surface area contributed by atoms with Crippen molar-refractivity contribution in [3.05, 3.63) is 59.9 Å². The van der Waals surface area contributed by atoms with Gasteiger partial charge in [0.25, 0.3) is 0 Å². The molecule has 1 aromatic carbocycles. The van der Waals surface area contributed by atoms with Crippen LogP contribution < -0.4 is 5.32 Å². The minimum absolute atomic E-state index is 0. The molecule has 1 fully saturated rings. The van der Waals surface area contributed by atoms with Crippen LogP contribution in [0.3, 0.4) is 0 Å². The largest absolute Gasteiger partial charge is 0.313 e. The van der Waals surface area contributed by atoms with Gasteiger partial charge in [-0.25, -0.2) is 8.42 Å². The lowest BCUT2D eigenvalue weighted by atomic mass is 10.1. The zero-order valence-corrected chi connectivity index (χ0v) is 14.4. The third-order valence-corrected chi connectivity index (χ3v) is 5.74. The zero-order chi connectivity index (χ0) is 16.3. The first-order chi connectivity index (χ1) is 11.1. The van der Waals surface area contributed by atoms with Crippen molar-refractivity contribution in [3.8, 4) is 6.07 Å². The second-order valence-corrected chi connectivity index (χ2v) is 7.15. The maximum absolute atomic E-state index is 13.0. The SMILES string of the molecule is Cl.N#Cc1cccc(S(=O)(=O)N2CCNCC2c2cccnc2)c1. The van der Waals surface area contributed by atoms with Crippen LogP contribution in [0, 0.1) is 11.3 Å². The average Bonchev–Trinajstić information content (AvgIpc) is 2.62. The summed E-state index contributed by atoms with van der Waals surface area (Å²) in [6.07, 6.45) is 3.35. The van der Waals surface area contributed by atoms with Gasteiger partial charge < -0.3 is 5.32 Å². The van der Waals surface area contributed by atoms with E-state index in [0.29, 0.717) is 25.2 Å². The highest BCUT2D eigenvalue weighted by molar-refractivity contribution is 7.89. The normalized spacial score (nSPS) is 18.4. The number of piperazine rings is 1. The molecule has 0 spiro atoms. The molecular weight excluding hydrogens is 348 g/mol. The van der Waals surface area contributed by atoms with E-state index in [1.54, 1.807) is 30.6 Å². The standard InChI is InChI=1S/C16H16N4O2S.ClH/c17-10-13-3-1-5-15(9-13)23(21,22)20-8-7-19-12-16(20)14-4-2-6-18-11-14;/h1-6,9,11,16,19H,7-8,12H2;1H. The summed E-state index contributed by atoms with van der Waals surface area (Å²) < 4.78 is 27.5. The van der Waals surface area contributed by atoms with E-state index in [1.807, 2.05) is 12.1 Å². The lowest BCUT2D eigenvalue weighted by Gasteiger charge is -2.35. The van der Waals surface area contributed by atoms with Crippen molar-refractivity contribution in [3.63, 3.8) is 0 Å². The topological polar surface area (TPSA) is 86.1 Å². The molecule has 1 N–H and O–H groups in total. The van der Waals surface area contributed by atoms with Crippen molar-refractivity contribution in [1.29, 1.82) is 5.26 Å². The van der Waals surface area contributed by atoms with Gasteiger partial charge >= 0.3 is 0 Å². The highest BCUT2D eigenvalue weighted by Gasteiger charge is 2.34. The molecule has 1 aromatic heterocycles. The third kappa shape index (κ3) is 3.57. The van der Waals surface area contributed by atoms with Crippen molar-refractivity contribution in [2.24, 2.45) is 0 Å². The molecule has 24 heavy (non-hydrogen) atoms. The van der Waals surface area contributed by atoms with Crippen molar-refractivity contribution < 1.29 is 8.42 Å². The summed E-state index contributed by atoms with van der Waals surface area (Å²) in [5.74, 6) is 0. The number of nitrogens with zero attached hydrogens (tertiary/aromatic N) is 3. The van der Waals surface area contributed by atoms with E-state index in [2.05, 4.69) is 10.3 Å². The molecule has 126 valence electrons. The molecule has 2 aromatic rings. The number of nitriles is 1. The molecule has 2 heterocycles. The second-order valence-electron chi connectivity index (χ2n) is 5.26. The van der Waals surface area contributed by atoms with E-state index in [0.717, 1.165) is 5.56 Å². The van der Waals surface area contributed by atoms with E-state index in [9.17, 15) is 8.42 Å². The second kappa shape index (κ2) is 7.73. The molecular formula is C16H17ClN4O2S. The lowest BCUT2D eigenvalue weighted by Crippen LogP contribution is -2.48. The predicted octanol–water partition coefficient (Wildman–Crippen LogP) is 1.71. The molecule has 0 radical (unpaired) electrons. The number of aromatic nitrogens is 1. The Bertz CT molecular complexity index is 837. The van der Waals surface area contributed by atoms with Gasteiger partial charge in [-0.15, -0.1) is 12.4 Å². The van der Waals surface area contributed by atoms with E-state index in [4.69, 9.17) is 5.26 Å². The minimum Gasteiger partial charge on any atom is -0.313 e. The van der Waals surface area contributed by atoms with Gasteiger partial charge in [0.15, 0.2) is 0 Å². The fraction of sp³-hybridized carbons (Fsp3) is 0.250. The Kier molecular flexibility index (Phi) is 5.91. The van der Waals surface area contributed by atoms with E-state index >= 15 is 0 Å². The Morgan fingerprint density at radius 3 is 2.83 bits per heavy atom. The van der Waals surface area contributed by atoms with Gasteiger partial charge in [-0.2, -0.15) is 9.57 Å². The molecule has 0 bridgehead atoms. The van der Waals surface area contributed by atoms with E-state index in [-0.39, 0.29) is 23.3 Å². The van der Waals surface area contributed by atoms with Crippen LogP contribution in [0.1, 0.15) is 17.2 Å². The van der Waals surface area contributed by atoms with Gasteiger partial charge in [-0.3, -0.25) is 4.98 Å². The van der Waals surface area contributed by atoms with Crippen molar-refractivity contribution in [1.82, 2.24) is 14.6 Å². The molecule has 0 amide bonds. The van der Waals surface area contributed by atoms with Crippen LogP contribution in [0.4, 0.5) is 0 Å². The van der Waals surface area contributed by atoms with Crippen LogP contribution in [-0.4, -0.2) is 37.3 Å². The number of sulfonamides is 1. The average molecular weight is 365 g/mol. The molecule has 0 aliphatic carbocycles. The minimum atomic E-state index is -3.68. The Hall–Kier alpha value is -1.98. The Balaban J connectivity index is 0.00000208. The molecule has 6 nitrogen and oxygen atoms in total. The number of pyridine rings is 1. The maximum atomic E-state index is 13.0. The molecule has 8 heteroatoms. The van der Waals surface area contributed by atoms with E-state index in [1.165, 1.54) is 16.4 Å². The molecule has 0 saturated carbocycles. The fourth-order valence-electron chi connectivity index (χ4n) is 2.69. The molecule has 1 unspecified atom stereocenters. The number of nitrogens with one attached hydrogen (secondary N) is 1. The van der Waals surface area contributed by atoms with E-state index < -0.39 is 10.0 Å². The highest BCUT2D eigenvalue weighted by Crippen LogP contribution is 2.28. The van der Waals surface area contributed by atoms with Gasteiger partial charge in [0.2, 0.25) is 10.0 Å². The van der Waals surface area contributed by atoms with Crippen LogP contribution >= 0.6 is 12.4 Å². The van der Waals surface area contributed by atoms with Crippen LogP contribution in [0.2, 0.25) is 0 Å². The third-order valence-electron chi connectivity index (χ3n) is 3.83. The maximum Gasteiger partial charge on any atom is 0.243 e. The summed E-state index contributed by atoms with van der Waals surface area (Å²) in [5.41, 5.74) is 1.18. The van der Waals surface area contributed by atoms with Gasteiger partial charge in [0.1, 0.15) is 0 Å². The first-order valence-corrected chi connectivity index (χ1v) is 8.69. The first kappa shape index (κ1) is 18.4. The smallest absolute Gasteiger partial charge is 0.243 e. The zero-order valence-electron chi connectivity index (χ0n) is 12.8. The number of rotatable bonds is 3. The monoisotopic (exact) mass is 364 g/mol. The van der Waals surface area contributed by atoms with Crippen molar-refractivity contribution in [2.75, 3.05) is 19.6 Å².